The number of hydrazine groups is 1. The highest BCUT2D eigenvalue weighted by Crippen LogP contribution is 2.35. The molecule has 12 heteroatoms. The van der Waals surface area contributed by atoms with Crippen LogP contribution in [0.3, 0.4) is 0 Å². The summed E-state index contributed by atoms with van der Waals surface area (Å²) in [5.41, 5.74) is 0.754. The molecule has 2 amide bonds. The Morgan fingerprint density at radius 2 is 2.16 bits per heavy atom. The fourth-order valence-corrected chi connectivity index (χ4v) is 4.94. The molecular weight excluding hydrogens is 472 g/mol. The second-order valence-corrected chi connectivity index (χ2v) is 9.21. The number of carbonyl (C=O) groups is 2. The zero-order valence-corrected chi connectivity index (χ0v) is 19.6. The SMILES string of the molecule is COc1cc(C=C2SC(=S)N(N3CCOCC3)C2=O)ccc1OCC(=O)Nc1nccs1. The molecule has 0 saturated carbocycles. The van der Waals surface area contributed by atoms with Crippen LogP contribution in [0.15, 0.2) is 34.7 Å². The number of rotatable bonds is 7. The third-order valence-corrected chi connectivity index (χ3v) is 6.54. The zero-order valence-electron chi connectivity index (χ0n) is 17.1. The van der Waals surface area contributed by atoms with Crippen LogP contribution in [0.4, 0.5) is 5.13 Å². The summed E-state index contributed by atoms with van der Waals surface area (Å²) in [6.45, 7) is 2.19. The van der Waals surface area contributed by atoms with Crippen LogP contribution in [0, 0.1) is 0 Å². The van der Waals surface area contributed by atoms with Crippen molar-refractivity contribution in [3.8, 4) is 11.5 Å². The van der Waals surface area contributed by atoms with Crippen molar-refractivity contribution in [3.05, 3.63) is 40.2 Å². The van der Waals surface area contributed by atoms with Gasteiger partial charge in [0, 0.05) is 24.7 Å². The Hall–Kier alpha value is -2.51. The predicted octanol–water partition coefficient (Wildman–Crippen LogP) is 2.62. The minimum Gasteiger partial charge on any atom is -0.493 e. The molecular formula is C20H20N4O5S3. The lowest BCUT2D eigenvalue weighted by Gasteiger charge is -2.33. The second-order valence-electron chi connectivity index (χ2n) is 6.64. The van der Waals surface area contributed by atoms with Crippen molar-refractivity contribution in [1.82, 2.24) is 15.0 Å². The number of morpholine rings is 1. The Balaban J connectivity index is 1.43. The summed E-state index contributed by atoms with van der Waals surface area (Å²) in [5, 5.41) is 8.39. The van der Waals surface area contributed by atoms with Gasteiger partial charge in [0.1, 0.15) is 0 Å². The summed E-state index contributed by atoms with van der Waals surface area (Å²) in [6, 6.07) is 5.23. The number of thiazole rings is 1. The summed E-state index contributed by atoms with van der Waals surface area (Å²) in [5.74, 6) is 0.391. The second kappa shape index (κ2) is 10.4. The number of thiocarbonyl (C=S) groups is 1. The molecule has 3 heterocycles. The van der Waals surface area contributed by atoms with Crippen LogP contribution < -0.4 is 14.8 Å². The van der Waals surface area contributed by atoms with Crippen molar-refractivity contribution < 1.29 is 23.8 Å². The topological polar surface area (TPSA) is 93.2 Å². The fraction of sp³-hybridized carbons (Fsp3) is 0.300. The normalized spacial score (nSPS) is 18.3. The summed E-state index contributed by atoms with van der Waals surface area (Å²) >= 11 is 8.01. The van der Waals surface area contributed by atoms with Crippen LogP contribution >= 0.6 is 35.3 Å². The predicted molar refractivity (Wildman–Crippen MR) is 127 cm³/mol. The molecule has 0 spiro atoms. The molecule has 4 rings (SSSR count). The maximum atomic E-state index is 12.9. The highest BCUT2D eigenvalue weighted by Gasteiger charge is 2.37. The number of hydrogen-bond acceptors (Lipinski definition) is 10. The quantitative estimate of drug-likeness (QED) is 0.462. The van der Waals surface area contributed by atoms with E-state index < -0.39 is 0 Å². The molecule has 2 aliphatic rings. The van der Waals surface area contributed by atoms with Gasteiger partial charge in [0.15, 0.2) is 27.6 Å². The Morgan fingerprint density at radius 3 is 2.88 bits per heavy atom. The largest absolute Gasteiger partial charge is 0.493 e. The number of methoxy groups -OCH3 is 1. The molecule has 0 unspecified atom stereocenters. The molecule has 1 aromatic carbocycles. The number of carbonyl (C=O) groups excluding carboxylic acids is 2. The first-order valence-electron chi connectivity index (χ1n) is 9.66. The summed E-state index contributed by atoms with van der Waals surface area (Å²) < 4.78 is 16.9. The van der Waals surface area contributed by atoms with E-state index in [0.29, 0.717) is 52.2 Å². The van der Waals surface area contributed by atoms with E-state index in [-0.39, 0.29) is 18.4 Å². The van der Waals surface area contributed by atoms with E-state index in [9.17, 15) is 9.59 Å². The smallest absolute Gasteiger partial charge is 0.280 e. The van der Waals surface area contributed by atoms with E-state index in [2.05, 4.69) is 10.3 Å². The van der Waals surface area contributed by atoms with E-state index in [4.69, 9.17) is 26.4 Å². The van der Waals surface area contributed by atoms with E-state index in [1.54, 1.807) is 40.9 Å². The van der Waals surface area contributed by atoms with Gasteiger partial charge in [-0.3, -0.25) is 14.9 Å². The third kappa shape index (κ3) is 5.27. The van der Waals surface area contributed by atoms with Gasteiger partial charge in [-0.25, -0.2) is 15.0 Å². The highest BCUT2D eigenvalue weighted by atomic mass is 32.2. The minimum absolute atomic E-state index is 0.153. The van der Waals surface area contributed by atoms with Crippen molar-refractivity contribution in [2.45, 2.75) is 0 Å². The first kappa shape index (κ1) is 22.7. The van der Waals surface area contributed by atoms with Crippen LogP contribution in [0.2, 0.25) is 0 Å². The van der Waals surface area contributed by atoms with Gasteiger partial charge in [0.05, 0.1) is 25.2 Å². The van der Waals surface area contributed by atoms with Gasteiger partial charge in [0.25, 0.3) is 11.8 Å². The maximum Gasteiger partial charge on any atom is 0.280 e. The number of nitrogens with zero attached hydrogens (tertiary/aromatic N) is 3. The third-order valence-electron chi connectivity index (χ3n) is 4.57. The van der Waals surface area contributed by atoms with Gasteiger partial charge in [-0.05, 0) is 23.8 Å². The first-order chi connectivity index (χ1) is 15.5. The van der Waals surface area contributed by atoms with Crippen LogP contribution in [0.5, 0.6) is 11.5 Å². The highest BCUT2D eigenvalue weighted by molar-refractivity contribution is 8.26. The number of hydrogen-bond donors (Lipinski definition) is 1. The molecule has 9 nitrogen and oxygen atoms in total. The monoisotopic (exact) mass is 492 g/mol. The lowest BCUT2D eigenvalue weighted by Crippen LogP contribution is -2.50. The van der Waals surface area contributed by atoms with Gasteiger partial charge >= 0.3 is 0 Å². The Bertz CT molecular complexity index is 1040. The maximum absolute atomic E-state index is 12.9. The summed E-state index contributed by atoms with van der Waals surface area (Å²) in [4.78, 5) is 29.5. The summed E-state index contributed by atoms with van der Waals surface area (Å²) in [6.07, 6.45) is 3.37. The lowest BCUT2D eigenvalue weighted by molar-refractivity contribution is -0.138. The molecule has 0 bridgehead atoms. The van der Waals surface area contributed by atoms with E-state index >= 15 is 0 Å². The van der Waals surface area contributed by atoms with Crippen molar-refractivity contribution in [2.75, 3.05) is 45.3 Å². The lowest BCUT2D eigenvalue weighted by atomic mass is 10.2. The Kier molecular flexibility index (Phi) is 7.37. The van der Waals surface area contributed by atoms with Gasteiger partial charge in [-0.2, -0.15) is 0 Å². The van der Waals surface area contributed by atoms with Crippen LogP contribution in [-0.2, 0) is 14.3 Å². The van der Waals surface area contributed by atoms with Gasteiger partial charge < -0.3 is 14.2 Å². The van der Waals surface area contributed by atoms with E-state index in [1.807, 2.05) is 5.01 Å². The van der Waals surface area contributed by atoms with Crippen molar-refractivity contribution >= 4 is 62.7 Å². The number of anilines is 1. The van der Waals surface area contributed by atoms with Crippen LogP contribution in [0.25, 0.3) is 6.08 Å². The number of aromatic nitrogens is 1. The fourth-order valence-electron chi connectivity index (χ4n) is 3.09. The molecule has 2 saturated heterocycles. The number of ether oxygens (including phenoxy) is 3. The number of benzene rings is 1. The molecule has 0 atom stereocenters. The van der Waals surface area contributed by atoms with Crippen molar-refractivity contribution in [2.24, 2.45) is 0 Å². The molecule has 168 valence electrons. The molecule has 2 aliphatic heterocycles. The van der Waals surface area contributed by atoms with Gasteiger partial charge in [-0.15, -0.1) is 11.3 Å². The molecule has 1 aromatic heterocycles. The average Bonchev–Trinajstić information content (AvgIpc) is 3.40. The molecule has 1 N–H and O–H groups in total. The number of amides is 2. The first-order valence-corrected chi connectivity index (χ1v) is 11.8. The van der Waals surface area contributed by atoms with Crippen LogP contribution in [0.1, 0.15) is 5.56 Å². The standard InChI is InChI=1S/C20H20N4O5S3/c1-27-15-10-13(2-3-14(15)29-12-17(25)22-19-21-4-9-31-19)11-16-18(26)24(20(30)32-16)23-5-7-28-8-6-23/h2-4,9-11H,5-8,12H2,1H3,(H,21,22,25). The molecule has 0 radical (unpaired) electrons. The Labute approximate surface area is 198 Å². The van der Waals surface area contributed by atoms with Crippen molar-refractivity contribution in [1.29, 1.82) is 0 Å². The van der Waals surface area contributed by atoms with Gasteiger partial charge in [0.2, 0.25) is 0 Å². The molecule has 2 aromatic rings. The molecule has 0 aliphatic carbocycles. The summed E-state index contributed by atoms with van der Waals surface area (Å²) in [7, 11) is 1.51. The minimum atomic E-state index is -0.321. The van der Waals surface area contributed by atoms with E-state index in [0.717, 1.165) is 5.56 Å². The average molecular weight is 493 g/mol. The Morgan fingerprint density at radius 1 is 1.34 bits per heavy atom. The zero-order chi connectivity index (χ0) is 22.5. The van der Waals surface area contributed by atoms with E-state index in [1.165, 1.54) is 30.2 Å². The van der Waals surface area contributed by atoms with Crippen molar-refractivity contribution in [3.63, 3.8) is 0 Å². The van der Waals surface area contributed by atoms with Gasteiger partial charge in [-0.1, -0.05) is 30.0 Å². The molecule has 32 heavy (non-hydrogen) atoms. The van der Waals surface area contributed by atoms with Crippen LogP contribution in [-0.4, -0.2) is 71.2 Å². The number of thioether (sulfide) groups is 1. The molecule has 2 fully saturated rings. The number of nitrogens with one attached hydrogen (secondary N) is 1.